The molecule has 1 heterocycles. The molecule has 154 valence electrons. The molecule has 3 fully saturated rings. The third-order valence-electron chi connectivity index (χ3n) is 5.94. The Morgan fingerprint density at radius 1 is 1.33 bits per heavy atom. The molecule has 4 atom stereocenters. The monoisotopic (exact) mass is 404 g/mol. The highest BCUT2D eigenvalue weighted by Crippen LogP contribution is 2.39. The zero-order valence-electron chi connectivity index (χ0n) is 15.3. The van der Waals surface area contributed by atoms with E-state index in [-0.39, 0.29) is 31.5 Å². The third kappa shape index (κ3) is 4.47. The second-order valence-corrected chi connectivity index (χ2v) is 10.1. The fourth-order valence-electron chi connectivity index (χ4n) is 3.84. The molecule has 0 aromatic carbocycles. The predicted octanol–water partition coefficient (Wildman–Crippen LogP) is -1.99. The summed E-state index contributed by atoms with van der Waals surface area (Å²) in [5.41, 5.74) is 10.3. The van der Waals surface area contributed by atoms with Crippen molar-refractivity contribution in [1.82, 2.24) is 8.61 Å². The van der Waals surface area contributed by atoms with Gasteiger partial charge in [-0.25, -0.2) is 0 Å². The van der Waals surface area contributed by atoms with Crippen LogP contribution in [0.3, 0.4) is 0 Å². The van der Waals surface area contributed by atoms with Gasteiger partial charge in [-0.3, -0.25) is 4.79 Å². The molecule has 3 rings (SSSR count). The molecule has 0 radical (unpaired) electrons. The van der Waals surface area contributed by atoms with Crippen molar-refractivity contribution in [3.63, 3.8) is 0 Å². The van der Waals surface area contributed by atoms with E-state index >= 15 is 0 Å². The Labute approximate surface area is 159 Å². The van der Waals surface area contributed by atoms with Gasteiger partial charge in [0.1, 0.15) is 5.54 Å². The largest absolute Gasteiger partial charge is 0.480 e. The zero-order valence-corrected chi connectivity index (χ0v) is 16.1. The van der Waals surface area contributed by atoms with Gasteiger partial charge in [0.05, 0.1) is 0 Å². The molecule has 2 aliphatic carbocycles. The van der Waals surface area contributed by atoms with Gasteiger partial charge in [0, 0.05) is 37.6 Å². The minimum atomic E-state index is -3.86. The van der Waals surface area contributed by atoms with Crippen LogP contribution in [0.15, 0.2) is 0 Å². The van der Waals surface area contributed by atoms with Crippen molar-refractivity contribution in [2.24, 2.45) is 23.3 Å². The first-order valence-electron chi connectivity index (χ1n) is 9.46. The van der Waals surface area contributed by atoms with E-state index < -0.39 is 34.8 Å². The first-order chi connectivity index (χ1) is 12.6. The smallest absolute Gasteiger partial charge is 0.451 e. The van der Waals surface area contributed by atoms with E-state index in [1.807, 2.05) is 0 Å². The molecule has 0 spiro atoms. The molecule has 0 amide bonds. The number of carboxylic acid groups (broad SMARTS) is 1. The molecule has 12 heteroatoms. The lowest BCUT2D eigenvalue weighted by Gasteiger charge is -2.28. The van der Waals surface area contributed by atoms with Crippen molar-refractivity contribution < 1.29 is 28.4 Å². The van der Waals surface area contributed by atoms with Crippen LogP contribution in [0.5, 0.6) is 0 Å². The molecule has 3 aliphatic rings. The van der Waals surface area contributed by atoms with Crippen molar-refractivity contribution in [2.75, 3.05) is 19.6 Å². The zero-order chi connectivity index (χ0) is 20.0. The van der Waals surface area contributed by atoms with Gasteiger partial charge < -0.3 is 26.6 Å². The van der Waals surface area contributed by atoms with Gasteiger partial charge in [-0.2, -0.15) is 17.0 Å². The first-order valence-corrected chi connectivity index (χ1v) is 10.9. The minimum absolute atomic E-state index is 0.00970. The average molecular weight is 404 g/mol. The number of nitrogens with zero attached hydrogens (tertiary/aromatic N) is 2. The summed E-state index contributed by atoms with van der Waals surface area (Å²) < 4.78 is 29.1. The maximum absolute atomic E-state index is 13.2. The highest BCUT2D eigenvalue weighted by Gasteiger charge is 2.55. The summed E-state index contributed by atoms with van der Waals surface area (Å²) in [5, 5.41) is 27.6. The second kappa shape index (κ2) is 7.58. The van der Waals surface area contributed by atoms with E-state index in [0.717, 1.165) is 12.8 Å². The third-order valence-corrected chi connectivity index (χ3v) is 7.88. The number of carbonyl (C=O) groups is 1. The van der Waals surface area contributed by atoms with Crippen molar-refractivity contribution in [3.8, 4) is 0 Å². The predicted molar refractivity (Wildman–Crippen MR) is 98.6 cm³/mol. The molecular formula is C15H29BN4O6S. The fraction of sp³-hybridized carbons (Fsp3) is 0.933. The second-order valence-electron chi connectivity index (χ2n) is 8.23. The topological polar surface area (TPSA) is 170 Å². The maximum Gasteiger partial charge on any atom is 0.451 e. The number of hydrogen-bond acceptors (Lipinski definition) is 7. The molecule has 0 bridgehead atoms. The lowest BCUT2D eigenvalue weighted by Crippen LogP contribution is -2.55. The number of nitrogens with two attached hydrogens (primary N) is 2. The van der Waals surface area contributed by atoms with Gasteiger partial charge >= 0.3 is 13.1 Å². The molecule has 7 N–H and O–H groups in total. The lowest BCUT2D eigenvalue weighted by molar-refractivity contribution is -0.144. The average Bonchev–Trinajstić information content (AvgIpc) is 3.47. The molecule has 0 aromatic rings. The van der Waals surface area contributed by atoms with Crippen LogP contribution in [-0.2, 0) is 15.0 Å². The highest BCUT2D eigenvalue weighted by atomic mass is 32.2. The Morgan fingerprint density at radius 3 is 2.44 bits per heavy atom. The summed E-state index contributed by atoms with van der Waals surface area (Å²) in [5.74, 6) is -1.50. The van der Waals surface area contributed by atoms with E-state index in [0.29, 0.717) is 31.7 Å². The molecule has 0 unspecified atom stereocenters. The van der Waals surface area contributed by atoms with E-state index in [4.69, 9.17) is 21.5 Å². The Bertz CT molecular complexity index is 675. The summed E-state index contributed by atoms with van der Waals surface area (Å²) >= 11 is 0. The molecule has 1 aliphatic heterocycles. The Kier molecular flexibility index (Phi) is 5.89. The number of hydrogen-bond donors (Lipinski definition) is 5. The van der Waals surface area contributed by atoms with Gasteiger partial charge in [-0.15, -0.1) is 0 Å². The fourth-order valence-corrected chi connectivity index (χ4v) is 5.87. The standard InChI is InChI=1S/C15H29BN4O6S/c17-12-6-13(12)20(7-10-3-4-10)27(25,26)19-8-11(2-1-5-16(23)24)15(18,9-19)14(21)22/h10-13,23-24H,1-9,17-18H2,(H,21,22)/t11-,12+,13+,15-/m0/s1. The maximum atomic E-state index is 13.2. The van der Waals surface area contributed by atoms with Crippen molar-refractivity contribution in [1.29, 1.82) is 0 Å². The van der Waals surface area contributed by atoms with Gasteiger partial charge in [0.25, 0.3) is 10.2 Å². The Morgan fingerprint density at radius 2 is 1.96 bits per heavy atom. The number of aliphatic carboxylic acids is 1. The minimum Gasteiger partial charge on any atom is -0.480 e. The normalized spacial score (nSPS) is 34.2. The van der Waals surface area contributed by atoms with Crippen LogP contribution in [0.4, 0.5) is 0 Å². The molecular weight excluding hydrogens is 375 g/mol. The molecule has 10 nitrogen and oxygen atoms in total. The van der Waals surface area contributed by atoms with Gasteiger partial charge in [-0.05, 0) is 37.9 Å². The summed E-state index contributed by atoms with van der Waals surface area (Å²) in [7, 11) is -5.34. The first kappa shape index (κ1) is 21.0. The summed E-state index contributed by atoms with van der Waals surface area (Å²) in [6, 6.07) is -0.402. The van der Waals surface area contributed by atoms with Crippen LogP contribution < -0.4 is 11.5 Å². The van der Waals surface area contributed by atoms with E-state index in [9.17, 15) is 18.3 Å². The lowest BCUT2D eigenvalue weighted by atomic mass is 9.78. The van der Waals surface area contributed by atoms with Crippen LogP contribution in [-0.4, -0.2) is 82.5 Å². The van der Waals surface area contributed by atoms with Crippen LogP contribution in [0.25, 0.3) is 0 Å². The van der Waals surface area contributed by atoms with Crippen molar-refractivity contribution >= 4 is 23.3 Å². The number of carboxylic acids is 1. The molecule has 0 aromatic heterocycles. The molecule has 27 heavy (non-hydrogen) atoms. The molecule has 2 saturated carbocycles. The Balaban J connectivity index is 1.75. The summed E-state index contributed by atoms with van der Waals surface area (Å²) in [6.07, 6.45) is 3.35. The van der Waals surface area contributed by atoms with Gasteiger partial charge in [0.15, 0.2) is 0 Å². The summed E-state index contributed by atoms with van der Waals surface area (Å²) in [6.45, 7) is 0.138. The van der Waals surface area contributed by atoms with Crippen LogP contribution in [0.1, 0.15) is 32.1 Å². The quantitative estimate of drug-likeness (QED) is 0.261. The highest BCUT2D eigenvalue weighted by molar-refractivity contribution is 7.86. The van der Waals surface area contributed by atoms with E-state index in [1.165, 1.54) is 8.61 Å². The van der Waals surface area contributed by atoms with Crippen LogP contribution in [0.2, 0.25) is 6.32 Å². The van der Waals surface area contributed by atoms with Crippen LogP contribution >= 0.6 is 0 Å². The van der Waals surface area contributed by atoms with E-state index in [1.54, 1.807) is 0 Å². The van der Waals surface area contributed by atoms with Crippen molar-refractivity contribution in [2.45, 2.75) is 56.0 Å². The summed E-state index contributed by atoms with van der Waals surface area (Å²) in [4.78, 5) is 11.8. The van der Waals surface area contributed by atoms with Gasteiger partial charge in [0.2, 0.25) is 0 Å². The van der Waals surface area contributed by atoms with Crippen molar-refractivity contribution in [3.05, 3.63) is 0 Å². The Hall–Kier alpha value is -0.755. The van der Waals surface area contributed by atoms with Gasteiger partial charge in [-0.1, -0.05) is 6.42 Å². The SMILES string of the molecule is N[C@@H]1C[C@H]1N(CC1CC1)S(=O)(=O)N1C[C@H](CCCB(O)O)[C@](N)(C(=O)O)C1. The molecule has 1 saturated heterocycles. The number of rotatable bonds is 10. The van der Waals surface area contributed by atoms with Crippen LogP contribution in [0, 0.1) is 11.8 Å². The van der Waals surface area contributed by atoms with E-state index in [2.05, 4.69) is 0 Å².